The summed E-state index contributed by atoms with van der Waals surface area (Å²) in [5, 5.41) is 13.6. The summed E-state index contributed by atoms with van der Waals surface area (Å²) in [6.45, 7) is 1.23. The van der Waals surface area contributed by atoms with Gasteiger partial charge in [0.05, 0.1) is 24.8 Å². The van der Waals surface area contributed by atoms with Crippen molar-refractivity contribution in [3.8, 4) is 11.5 Å². The number of hydrogen-bond acceptors (Lipinski definition) is 6. The Morgan fingerprint density at radius 1 is 1.15 bits per heavy atom. The van der Waals surface area contributed by atoms with E-state index in [9.17, 15) is 14.9 Å². The summed E-state index contributed by atoms with van der Waals surface area (Å²) in [5.74, 6) is 0.933. The van der Waals surface area contributed by atoms with Crippen molar-refractivity contribution in [2.24, 2.45) is 0 Å². The molecule has 0 aliphatic rings. The smallest absolute Gasteiger partial charge is 0.271 e. The van der Waals surface area contributed by atoms with Crippen LogP contribution in [0.4, 0.5) is 11.4 Å². The molecule has 0 heterocycles. The Labute approximate surface area is 157 Å². The predicted octanol–water partition coefficient (Wildman–Crippen LogP) is 3.07. The zero-order valence-corrected chi connectivity index (χ0v) is 15.6. The van der Waals surface area contributed by atoms with E-state index < -0.39 is 4.92 Å². The SMILES string of the molecule is COc1ccc(CN(C)CCC(=O)Nc2cc([N+](=O)[O-])ccc2OC)cc1. The number of nitrogens with zero attached hydrogens (tertiary/aromatic N) is 2. The van der Waals surface area contributed by atoms with E-state index in [-0.39, 0.29) is 23.7 Å². The maximum Gasteiger partial charge on any atom is 0.271 e. The molecule has 0 aliphatic carbocycles. The molecule has 0 spiro atoms. The lowest BCUT2D eigenvalue weighted by Crippen LogP contribution is -2.24. The third kappa shape index (κ3) is 5.96. The van der Waals surface area contributed by atoms with Gasteiger partial charge in [0.25, 0.3) is 5.69 Å². The number of ether oxygens (including phenoxy) is 2. The molecular formula is C19H23N3O5. The minimum atomic E-state index is -0.516. The van der Waals surface area contributed by atoms with Crippen LogP contribution in [0.25, 0.3) is 0 Å². The second-order valence-corrected chi connectivity index (χ2v) is 6.03. The van der Waals surface area contributed by atoms with Crippen molar-refractivity contribution in [1.82, 2.24) is 4.90 Å². The maximum atomic E-state index is 12.2. The van der Waals surface area contributed by atoms with E-state index >= 15 is 0 Å². The second kappa shape index (κ2) is 9.54. The summed E-state index contributed by atoms with van der Waals surface area (Å²) in [7, 11) is 4.99. The molecule has 0 radical (unpaired) electrons. The van der Waals surface area contributed by atoms with Crippen LogP contribution in [0.2, 0.25) is 0 Å². The van der Waals surface area contributed by atoms with Crippen LogP contribution in [-0.4, -0.2) is 43.5 Å². The van der Waals surface area contributed by atoms with Gasteiger partial charge in [-0.2, -0.15) is 0 Å². The molecule has 0 fully saturated rings. The molecule has 2 aromatic rings. The number of carbonyl (C=O) groups excluding carboxylic acids is 1. The van der Waals surface area contributed by atoms with Crippen molar-refractivity contribution in [2.45, 2.75) is 13.0 Å². The lowest BCUT2D eigenvalue weighted by Gasteiger charge is -2.17. The standard InChI is InChI=1S/C19H23N3O5/c1-21(13-14-4-7-16(26-2)8-5-14)11-10-19(23)20-17-12-15(22(24)25)6-9-18(17)27-3/h4-9,12H,10-11,13H2,1-3H3,(H,20,23). The number of benzene rings is 2. The number of rotatable bonds is 9. The van der Waals surface area contributed by atoms with Gasteiger partial charge < -0.3 is 19.7 Å². The molecule has 8 heteroatoms. The van der Waals surface area contributed by atoms with E-state index in [1.54, 1.807) is 7.11 Å². The molecule has 0 aliphatic heterocycles. The van der Waals surface area contributed by atoms with Crippen molar-refractivity contribution in [1.29, 1.82) is 0 Å². The molecule has 0 atom stereocenters. The summed E-state index contributed by atoms with van der Waals surface area (Å²) >= 11 is 0. The number of anilines is 1. The third-order valence-corrected chi connectivity index (χ3v) is 4.00. The van der Waals surface area contributed by atoms with Gasteiger partial charge in [0, 0.05) is 31.6 Å². The molecule has 0 bridgehead atoms. The van der Waals surface area contributed by atoms with Gasteiger partial charge in [-0.1, -0.05) is 12.1 Å². The second-order valence-electron chi connectivity index (χ2n) is 6.03. The fraction of sp³-hybridized carbons (Fsp3) is 0.316. The van der Waals surface area contributed by atoms with Gasteiger partial charge in [0.15, 0.2) is 0 Å². The highest BCUT2D eigenvalue weighted by Crippen LogP contribution is 2.28. The van der Waals surface area contributed by atoms with Crippen LogP contribution < -0.4 is 14.8 Å². The average molecular weight is 373 g/mol. The Kier molecular flexibility index (Phi) is 7.13. The molecule has 0 unspecified atom stereocenters. The van der Waals surface area contributed by atoms with Gasteiger partial charge in [-0.15, -0.1) is 0 Å². The molecule has 27 heavy (non-hydrogen) atoms. The van der Waals surface area contributed by atoms with Gasteiger partial charge in [0.2, 0.25) is 5.91 Å². The van der Waals surface area contributed by atoms with E-state index in [0.717, 1.165) is 11.3 Å². The molecule has 0 saturated heterocycles. The number of nitro groups is 1. The van der Waals surface area contributed by atoms with Gasteiger partial charge in [-0.05, 0) is 30.8 Å². The van der Waals surface area contributed by atoms with Crippen LogP contribution >= 0.6 is 0 Å². The fourth-order valence-electron chi connectivity index (χ4n) is 2.53. The normalized spacial score (nSPS) is 10.5. The summed E-state index contributed by atoms with van der Waals surface area (Å²) in [5.41, 5.74) is 1.29. The Bertz CT molecular complexity index is 792. The Morgan fingerprint density at radius 3 is 2.44 bits per heavy atom. The van der Waals surface area contributed by atoms with E-state index in [4.69, 9.17) is 9.47 Å². The molecule has 2 aromatic carbocycles. The number of non-ortho nitro benzene ring substituents is 1. The number of hydrogen-bond donors (Lipinski definition) is 1. The molecular weight excluding hydrogens is 350 g/mol. The molecule has 1 N–H and O–H groups in total. The van der Waals surface area contributed by atoms with Crippen molar-refractivity contribution >= 4 is 17.3 Å². The first kappa shape index (κ1) is 20.2. The van der Waals surface area contributed by atoms with E-state index in [1.807, 2.05) is 36.2 Å². The van der Waals surface area contributed by atoms with E-state index in [0.29, 0.717) is 18.8 Å². The molecule has 0 aromatic heterocycles. The minimum absolute atomic E-state index is 0.109. The first-order valence-electron chi connectivity index (χ1n) is 8.36. The maximum absolute atomic E-state index is 12.2. The van der Waals surface area contributed by atoms with Crippen molar-refractivity contribution in [3.05, 3.63) is 58.1 Å². The van der Waals surface area contributed by atoms with Crippen LogP contribution in [0, 0.1) is 10.1 Å². The van der Waals surface area contributed by atoms with E-state index in [1.165, 1.54) is 25.3 Å². The van der Waals surface area contributed by atoms with E-state index in [2.05, 4.69) is 5.32 Å². The highest BCUT2D eigenvalue weighted by molar-refractivity contribution is 5.92. The van der Waals surface area contributed by atoms with Gasteiger partial charge in [-0.25, -0.2) is 0 Å². The largest absolute Gasteiger partial charge is 0.497 e. The summed E-state index contributed by atoms with van der Waals surface area (Å²) in [6, 6.07) is 11.8. The fourth-order valence-corrected chi connectivity index (χ4v) is 2.53. The Morgan fingerprint density at radius 2 is 1.85 bits per heavy atom. The average Bonchev–Trinajstić information content (AvgIpc) is 2.67. The Balaban J connectivity index is 1.89. The molecule has 1 amide bonds. The zero-order valence-electron chi connectivity index (χ0n) is 15.6. The van der Waals surface area contributed by atoms with Crippen molar-refractivity contribution < 1.29 is 19.2 Å². The van der Waals surface area contributed by atoms with Crippen molar-refractivity contribution in [2.75, 3.05) is 33.1 Å². The van der Waals surface area contributed by atoms with Crippen LogP contribution in [0.15, 0.2) is 42.5 Å². The Hall–Kier alpha value is -3.13. The highest BCUT2D eigenvalue weighted by atomic mass is 16.6. The third-order valence-electron chi connectivity index (χ3n) is 4.00. The summed E-state index contributed by atoms with van der Waals surface area (Å²) in [4.78, 5) is 24.6. The van der Waals surface area contributed by atoms with Crippen LogP contribution in [0.5, 0.6) is 11.5 Å². The number of methoxy groups -OCH3 is 2. The van der Waals surface area contributed by atoms with Gasteiger partial charge in [0.1, 0.15) is 11.5 Å². The lowest BCUT2D eigenvalue weighted by atomic mass is 10.2. The molecule has 2 rings (SSSR count). The zero-order chi connectivity index (χ0) is 19.8. The lowest BCUT2D eigenvalue weighted by molar-refractivity contribution is -0.384. The van der Waals surface area contributed by atoms with Crippen molar-refractivity contribution in [3.63, 3.8) is 0 Å². The highest BCUT2D eigenvalue weighted by Gasteiger charge is 2.14. The van der Waals surface area contributed by atoms with Gasteiger partial charge >= 0.3 is 0 Å². The van der Waals surface area contributed by atoms with Crippen LogP contribution in [0.3, 0.4) is 0 Å². The first-order valence-corrected chi connectivity index (χ1v) is 8.36. The number of carbonyl (C=O) groups is 1. The molecule has 0 saturated carbocycles. The predicted molar refractivity (Wildman–Crippen MR) is 102 cm³/mol. The minimum Gasteiger partial charge on any atom is -0.497 e. The quantitative estimate of drug-likeness (QED) is 0.536. The van der Waals surface area contributed by atoms with Gasteiger partial charge in [-0.3, -0.25) is 14.9 Å². The monoisotopic (exact) mass is 373 g/mol. The topological polar surface area (TPSA) is 93.9 Å². The van der Waals surface area contributed by atoms with Crippen LogP contribution in [0.1, 0.15) is 12.0 Å². The number of nitrogens with one attached hydrogen (secondary N) is 1. The first-order chi connectivity index (χ1) is 12.9. The summed E-state index contributed by atoms with van der Waals surface area (Å²) in [6.07, 6.45) is 0.249. The number of amides is 1. The molecule has 144 valence electrons. The number of nitro benzene ring substituents is 1. The van der Waals surface area contributed by atoms with Crippen LogP contribution in [-0.2, 0) is 11.3 Å². The molecule has 8 nitrogen and oxygen atoms in total. The summed E-state index contributed by atoms with van der Waals surface area (Å²) < 4.78 is 10.3.